The highest BCUT2D eigenvalue weighted by Gasteiger charge is 2.21. The molecule has 2 rings (SSSR count). The molecule has 0 aliphatic carbocycles. The second-order valence-corrected chi connectivity index (χ2v) is 5.05. The van der Waals surface area contributed by atoms with Gasteiger partial charge in [0.2, 0.25) is 0 Å². The van der Waals surface area contributed by atoms with E-state index in [0.29, 0.717) is 23.7 Å². The number of rotatable bonds is 4. The first-order valence-corrected chi connectivity index (χ1v) is 7.13. The number of hydrogen-bond donors (Lipinski definition) is 0. The number of nitrogens with zero attached hydrogens (tertiary/aromatic N) is 3. The van der Waals surface area contributed by atoms with E-state index >= 15 is 0 Å². The molecule has 2 aromatic rings. The fraction of sp³-hybridized carbons (Fsp3) is 0.357. The largest absolute Gasteiger partial charge is 0.338 e. The molecule has 1 aromatic carbocycles. The van der Waals surface area contributed by atoms with Crippen LogP contribution < -0.4 is 0 Å². The fourth-order valence-corrected chi connectivity index (χ4v) is 2.54. The molecule has 4 nitrogen and oxygen atoms in total. The number of carbonyl (C=O) groups excluding carboxylic acids is 1. The van der Waals surface area contributed by atoms with E-state index in [0.717, 1.165) is 17.1 Å². The van der Waals surface area contributed by atoms with Gasteiger partial charge in [0.15, 0.2) is 0 Å². The van der Waals surface area contributed by atoms with E-state index in [1.807, 2.05) is 45.0 Å². The van der Waals surface area contributed by atoms with Gasteiger partial charge < -0.3 is 4.90 Å². The van der Waals surface area contributed by atoms with Gasteiger partial charge in [-0.3, -0.25) is 4.79 Å². The van der Waals surface area contributed by atoms with Crippen LogP contribution in [0.2, 0.25) is 0 Å². The molecule has 19 heavy (non-hydrogen) atoms. The van der Waals surface area contributed by atoms with Gasteiger partial charge in [0.1, 0.15) is 10.6 Å². The number of aromatic nitrogens is 2. The summed E-state index contributed by atoms with van der Waals surface area (Å²) >= 11 is 1.16. The Hall–Kier alpha value is -1.75. The minimum Gasteiger partial charge on any atom is -0.338 e. The van der Waals surface area contributed by atoms with E-state index in [4.69, 9.17) is 0 Å². The zero-order chi connectivity index (χ0) is 13.8. The molecule has 0 N–H and O–H groups in total. The van der Waals surface area contributed by atoms with Crippen molar-refractivity contribution in [1.29, 1.82) is 0 Å². The first kappa shape index (κ1) is 13.7. The van der Waals surface area contributed by atoms with Crippen LogP contribution in [0.15, 0.2) is 24.3 Å². The molecule has 0 saturated heterocycles. The SMILES string of the molecule is CCN(CC)C(=O)c1snnc1-c1ccc(C)cc1. The molecule has 0 aliphatic heterocycles. The predicted molar refractivity (Wildman–Crippen MR) is 77.3 cm³/mol. The van der Waals surface area contributed by atoms with Crippen molar-refractivity contribution in [2.75, 3.05) is 13.1 Å². The van der Waals surface area contributed by atoms with Crippen LogP contribution in [0.1, 0.15) is 29.1 Å². The lowest BCUT2D eigenvalue weighted by Gasteiger charge is -2.17. The molecular formula is C14H17N3OS. The van der Waals surface area contributed by atoms with Crippen molar-refractivity contribution < 1.29 is 4.79 Å². The van der Waals surface area contributed by atoms with Gasteiger partial charge in [-0.2, -0.15) is 0 Å². The van der Waals surface area contributed by atoms with Crippen LogP contribution >= 0.6 is 11.5 Å². The molecule has 0 spiro atoms. The molecule has 0 aliphatic rings. The lowest BCUT2D eigenvalue weighted by Crippen LogP contribution is -2.30. The molecule has 0 atom stereocenters. The second-order valence-electron chi connectivity index (χ2n) is 4.29. The van der Waals surface area contributed by atoms with E-state index < -0.39 is 0 Å². The van der Waals surface area contributed by atoms with Crippen molar-refractivity contribution in [2.45, 2.75) is 20.8 Å². The van der Waals surface area contributed by atoms with E-state index in [9.17, 15) is 4.79 Å². The summed E-state index contributed by atoms with van der Waals surface area (Å²) in [4.78, 5) is 14.8. The summed E-state index contributed by atoms with van der Waals surface area (Å²) < 4.78 is 3.94. The van der Waals surface area contributed by atoms with Gasteiger partial charge in [-0.05, 0) is 32.3 Å². The highest BCUT2D eigenvalue weighted by molar-refractivity contribution is 7.08. The Kier molecular flexibility index (Phi) is 4.27. The normalized spacial score (nSPS) is 10.5. The van der Waals surface area contributed by atoms with Crippen LogP contribution in [0.25, 0.3) is 11.3 Å². The molecule has 0 fully saturated rings. The van der Waals surface area contributed by atoms with Crippen molar-refractivity contribution >= 4 is 17.4 Å². The summed E-state index contributed by atoms with van der Waals surface area (Å²) in [6, 6.07) is 7.98. The van der Waals surface area contributed by atoms with Crippen molar-refractivity contribution in [2.24, 2.45) is 0 Å². The Labute approximate surface area is 117 Å². The number of benzene rings is 1. The maximum atomic E-state index is 12.4. The third-order valence-corrected chi connectivity index (χ3v) is 3.77. The van der Waals surface area contributed by atoms with Crippen LogP contribution in [0.3, 0.4) is 0 Å². The third-order valence-electron chi connectivity index (χ3n) is 3.06. The summed E-state index contributed by atoms with van der Waals surface area (Å²) in [6.07, 6.45) is 0. The maximum Gasteiger partial charge on any atom is 0.267 e. The number of carbonyl (C=O) groups is 1. The Morgan fingerprint density at radius 3 is 2.42 bits per heavy atom. The van der Waals surface area contributed by atoms with Crippen LogP contribution in [-0.4, -0.2) is 33.5 Å². The molecule has 100 valence electrons. The van der Waals surface area contributed by atoms with Crippen LogP contribution in [0.4, 0.5) is 0 Å². The molecule has 0 radical (unpaired) electrons. The van der Waals surface area contributed by atoms with Gasteiger partial charge in [0.25, 0.3) is 5.91 Å². The number of hydrogen-bond acceptors (Lipinski definition) is 4. The average Bonchev–Trinajstić information content (AvgIpc) is 2.90. The Bertz CT molecular complexity index is 558. The molecule has 0 unspecified atom stereocenters. The molecular weight excluding hydrogens is 258 g/mol. The predicted octanol–water partition coefficient (Wildman–Crippen LogP) is 3.00. The van der Waals surface area contributed by atoms with Gasteiger partial charge in [-0.15, -0.1) is 5.10 Å². The van der Waals surface area contributed by atoms with Gasteiger partial charge in [-0.1, -0.05) is 34.3 Å². The van der Waals surface area contributed by atoms with E-state index in [2.05, 4.69) is 9.59 Å². The van der Waals surface area contributed by atoms with E-state index in [1.165, 1.54) is 5.56 Å². The summed E-state index contributed by atoms with van der Waals surface area (Å²) in [5.41, 5.74) is 2.81. The Morgan fingerprint density at radius 2 is 1.84 bits per heavy atom. The van der Waals surface area contributed by atoms with Gasteiger partial charge >= 0.3 is 0 Å². The van der Waals surface area contributed by atoms with Gasteiger partial charge in [0, 0.05) is 18.7 Å². The molecule has 5 heteroatoms. The highest BCUT2D eigenvalue weighted by Crippen LogP contribution is 2.25. The van der Waals surface area contributed by atoms with Gasteiger partial charge in [0.05, 0.1) is 0 Å². The zero-order valence-corrected chi connectivity index (χ0v) is 12.2. The Balaban J connectivity index is 2.37. The molecule has 1 heterocycles. The van der Waals surface area contributed by atoms with Crippen molar-refractivity contribution in [3.63, 3.8) is 0 Å². The average molecular weight is 275 g/mol. The fourth-order valence-electron chi connectivity index (χ4n) is 1.89. The monoisotopic (exact) mass is 275 g/mol. The lowest BCUT2D eigenvalue weighted by molar-refractivity contribution is 0.0778. The quantitative estimate of drug-likeness (QED) is 0.861. The minimum absolute atomic E-state index is 0.00979. The van der Waals surface area contributed by atoms with E-state index in [1.54, 1.807) is 4.90 Å². The number of aryl methyl sites for hydroxylation is 1. The highest BCUT2D eigenvalue weighted by atomic mass is 32.1. The van der Waals surface area contributed by atoms with Crippen molar-refractivity contribution in [3.8, 4) is 11.3 Å². The summed E-state index contributed by atoms with van der Waals surface area (Å²) in [7, 11) is 0. The maximum absolute atomic E-state index is 12.4. The van der Waals surface area contributed by atoms with Gasteiger partial charge in [-0.25, -0.2) is 0 Å². The lowest BCUT2D eigenvalue weighted by atomic mass is 10.1. The zero-order valence-electron chi connectivity index (χ0n) is 11.4. The van der Waals surface area contributed by atoms with Crippen molar-refractivity contribution in [1.82, 2.24) is 14.5 Å². The first-order valence-electron chi connectivity index (χ1n) is 6.36. The van der Waals surface area contributed by atoms with Crippen molar-refractivity contribution in [3.05, 3.63) is 34.7 Å². The van der Waals surface area contributed by atoms with Crippen LogP contribution in [0.5, 0.6) is 0 Å². The van der Waals surface area contributed by atoms with Crippen LogP contribution in [-0.2, 0) is 0 Å². The Morgan fingerprint density at radius 1 is 1.21 bits per heavy atom. The summed E-state index contributed by atoms with van der Waals surface area (Å²) in [5, 5.41) is 4.11. The standard InChI is InChI=1S/C14H17N3OS/c1-4-17(5-2)14(18)13-12(15-16-19-13)11-8-6-10(3)7-9-11/h6-9H,4-5H2,1-3H3. The van der Waals surface area contributed by atoms with E-state index in [-0.39, 0.29) is 5.91 Å². The van der Waals surface area contributed by atoms with Crippen LogP contribution in [0, 0.1) is 6.92 Å². The summed E-state index contributed by atoms with van der Waals surface area (Å²) in [5.74, 6) is 0.00979. The third kappa shape index (κ3) is 2.81. The molecule has 1 amide bonds. The number of amides is 1. The minimum atomic E-state index is 0.00979. The first-order chi connectivity index (χ1) is 9.17. The smallest absolute Gasteiger partial charge is 0.267 e. The molecule has 0 bridgehead atoms. The molecule has 0 saturated carbocycles. The molecule has 1 aromatic heterocycles. The summed E-state index contributed by atoms with van der Waals surface area (Å²) in [6.45, 7) is 7.37. The topological polar surface area (TPSA) is 46.1 Å². The second kappa shape index (κ2) is 5.93.